The summed E-state index contributed by atoms with van der Waals surface area (Å²) in [5, 5.41) is 0.0774. The summed E-state index contributed by atoms with van der Waals surface area (Å²) in [6, 6.07) is 17.4. The number of hydrogen-bond acceptors (Lipinski definition) is 4. The van der Waals surface area contributed by atoms with Crippen molar-refractivity contribution in [2.45, 2.75) is 37.6 Å². The van der Waals surface area contributed by atoms with Crippen LogP contribution in [0.1, 0.15) is 22.5 Å². The molecule has 0 saturated heterocycles. The lowest BCUT2D eigenvalue weighted by molar-refractivity contribution is 0.0673. The second-order valence-corrected chi connectivity index (χ2v) is 9.25. The third-order valence-electron chi connectivity index (χ3n) is 5.39. The van der Waals surface area contributed by atoms with E-state index in [2.05, 4.69) is 4.98 Å². The fourth-order valence-corrected chi connectivity index (χ4v) is 5.25. The van der Waals surface area contributed by atoms with Crippen molar-refractivity contribution in [1.82, 2.24) is 13.9 Å². The Kier molecular flexibility index (Phi) is 5.54. The zero-order valence-electron chi connectivity index (χ0n) is 16.7. The van der Waals surface area contributed by atoms with Crippen LogP contribution < -0.4 is 0 Å². The number of ether oxygens (including phenoxy) is 1. The normalized spacial score (nSPS) is 18.1. The maximum atomic E-state index is 13.6. The first-order valence-electron chi connectivity index (χ1n) is 9.65. The van der Waals surface area contributed by atoms with E-state index < -0.39 is 10.0 Å². The summed E-state index contributed by atoms with van der Waals surface area (Å²) in [7, 11) is -1.99. The van der Waals surface area contributed by atoms with Gasteiger partial charge in [0.25, 0.3) is 10.0 Å². The van der Waals surface area contributed by atoms with Gasteiger partial charge >= 0.3 is 0 Å². The molecular weight excluding hydrogens is 386 g/mol. The molecule has 1 aliphatic rings. The van der Waals surface area contributed by atoms with Crippen molar-refractivity contribution in [2.24, 2.45) is 7.05 Å². The first kappa shape index (κ1) is 19.8. The van der Waals surface area contributed by atoms with E-state index in [9.17, 15) is 8.42 Å². The SMILES string of the molecule is Cc1nc(S(=O)(=O)N2Cc3ccccc3COCC2Cc2ccccc2)cn1C. The summed E-state index contributed by atoms with van der Waals surface area (Å²) >= 11 is 0. The topological polar surface area (TPSA) is 64.4 Å². The molecule has 0 fully saturated rings. The van der Waals surface area contributed by atoms with Gasteiger partial charge in [-0.1, -0.05) is 54.6 Å². The van der Waals surface area contributed by atoms with Crippen LogP contribution in [0, 0.1) is 6.92 Å². The van der Waals surface area contributed by atoms with Crippen molar-refractivity contribution in [2.75, 3.05) is 6.61 Å². The number of sulfonamides is 1. The van der Waals surface area contributed by atoms with E-state index in [-0.39, 0.29) is 11.1 Å². The Morgan fingerprint density at radius 3 is 2.45 bits per heavy atom. The molecule has 0 amide bonds. The van der Waals surface area contributed by atoms with Crippen LogP contribution in [0.2, 0.25) is 0 Å². The Morgan fingerprint density at radius 2 is 1.76 bits per heavy atom. The molecule has 29 heavy (non-hydrogen) atoms. The van der Waals surface area contributed by atoms with Gasteiger partial charge in [0.1, 0.15) is 5.82 Å². The molecule has 1 atom stereocenters. The highest BCUT2D eigenvalue weighted by Gasteiger charge is 2.35. The number of benzene rings is 2. The molecule has 0 N–H and O–H groups in total. The number of aryl methyl sites for hydroxylation is 2. The van der Waals surface area contributed by atoms with Crippen LogP contribution in [0.4, 0.5) is 0 Å². The third kappa shape index (κ3) is 4.12. The molecule has 7 heteroatoms. The molecule has 0 aliphatic carbocycles. The van der Waals surface area contributed by atoms with Gasteiger partial charge in [-0.25, -0.2) is 13.4 Å². The fourth-order valence-electron chi connectivity index (χ4n) is 3.64. The predicted octanol–water partition coefficient (Wildman–Crippen LogP) is 3.06. The number of aromatic nitrogens is 2. The zero-order valence-corrected chi connectivity index (χ0v) is 17.5. The van der Waals surface area contributed by atoms with E-state index in [1.54, 1.807) is 29.0 Å². The summed E-state index contributed by atoms with van der Waals surface area (Å²) < 4.78 is 36.5. The van der Waals surface area contributed by atoms with Crippen molar-refractivity contribution < 1.29 is 13.2 Å². The molecule has 0 saturated carbocycles. The fraction of sp³-hybridized carbons (Fsp3) is 0.318. The highest BCUT2D eigenvalue weighted by atomic mass is 32.2. The Labute approximate surface area is 171 Å². The van der Waals surface area contributed by atoms with Gasteiger partial charge < -0.3 is 9.30 Å². The lowest BCUT2D eigenvalue weighted by Gasteiger charge is -2.33. The Bertz CT molecular complexity index is 1070. The second-order valence-electron chi connectivity index (χ2n) is 7.41. The van der Waals surface area contributed by atoms with E-state index >= 15 is 0 Å². The van der Waals surface area contributed by atoms with E-state index in [0.717, 1.165) is 16.7 Å². The average molecular weight is 412 g/mol. The molecule has 0 spiro atoms. The molecule has 2 heterocycles. The van der Waals surface area contributed by atoms with Crippen LogP contribution in [0.3, 0.4) is 0 Å². The Morgan fingerprint density at radius 1 is 1.07 bits per heavy atom. The molecular formula is C22H25N3O3S. The van der Waals surface area contributed by atoms with Crippen molar-refractivity contribution in [3.05, 3.63) is 83.3 Å². The minimum atomic E-state index is -3.79. The number of nitrogens with zero attached hydrogens (tertiary/aromatic N) is 3. The van der Waals surface area contributed by atoms with E-state index in [4.69, 9.17) is 4.74 Å². The van der Waals surface area contributed by atoms with E-state index in [0.29, 0.717) is 32.0 Å². The highest BCUT2D eigenvalue weighted by Crippen LogP contribution is 2.26. The Balaban J connectivity index is 1.76. The van der Waals surface area contributed by atoms with Crippen molar-refractivity contribution in [3.8, 4) is 0 Å². The predicted molar refractivity (Wildman–Crippen MR) is 111 cm³/mol. The minimum Gasteiger partial charge on any atom is -0.375 e. The number of imidazole rings is 1. The summed E-state index contributed by atoms with van der Waals surface area (Å²) in [6.45, 7) is 2.91. The van der Waals surface area contributed by atoms with Crippen molar-refractivity contribution >= 4 is 10.0 Å². The molecule has 152 valence electrons. The van der Waals surface area contributed by atoms with Gasteiger partial charge in [0.2, 0.25) is 0 Å². The molecule has 0 radical (unpaired) electrons. The second kappa shape index (κ2) is 8.10. The maximum Gasteiger partial charge on any atom is 0.262 e. The molecule has 4 rings (SSSR count). The highest BCUT2D eigenvalue weighted by molar-refractivity contribution is 7.89. The van der Waals surface area contributed by atoms with Gasteiger partial charge in [-0.05, 0) is 30.0 Å². The minimum absolute atomic E-state index is 0.0774. The van der Waals surface area contributed by atoms with E-state index in [1.165, 1.54) is 0 Å². The summed E-state index contributed by atoms with van der Waals surface area (Å²) in [6.07, 6.45) is 2.16. The van der Waals surface area contributed by atoms with Gasteiger partial charge in [0.15, 0.2) is 5.03 Å². The van der Waals surface area contributed by atoms with Crippen LogP contribution in [0.25, 0.3) is 0 Å². The molecule has 0 bridgehead atoms. The quantitative estimate of drug-likeness (QED) is 0.662. The Hall–Kier alpha value is -2.48. The largest absolute Gasteiger partial charge is 0.375 e. The zero-order chi connectivity index (χ0) is 20.4. The molecule has 6 nitrogen and oxygen atoms in total. The summed E-state index contributed by atoms with van der Waals surface area (Å²) in [5.41, 5.74) is 3.05. The van der Waals surface area contributed by atoms with Gasteiger partial charge in [-0.2, -0.15) is 4.31 Å². The van der Waals surface area contributed by atoms with Crippen LogP contribution >= 0.6 is 0 Å². The summed E-state index contributed by atoms with van der Waals surface area (Å²) in [5.74, 6) is 0.659. The van der Waals surface area contributed by atoms with E-state index in [1.807, 2.05) is 54.6 Å². The molecule has 3 aromatic rings. The maximum absolute atomic E-state index is 13.6. The molecule has 1 aliphatic heterocycles. The van der Waals surface area contributed by atoms with Crippen LogP contribution in [-0.2, 0) is 41.4 Å². The summed E-state index contributed by atoms with van der Waals surface area (Å²) in [4.78, 5) is 4.30. The first-order valence-corrected chi connectivity index (χ1v) is 11.1. The number of hydrogen-bond donors (Lipinski definition) is 0. The van der Waals surface area contributed by atoms with Crippen LogP contribution in [0.5, 0.6) is 0 Å². The van der Waals surface area contributed by atoms with Gasteiger partial charge in [-0.3, -0.25) is 0 Å². The van der Waals surface area contributed by atoms with Crippen molar-refractivity contribution in [3.63, 3.8) is 0 Å². The average Bonchev–Trinajstić information content (AvgIpc) is 3.05. The third-order valence-corrected chi connectivity index (χ3v) is 7.16. The molecule has 1 unspecified atom stereocenters. The standard InChI is InChI=1S/C22H25N3O3S/c1-17-23-22(14-24(17)2)29(26,27)25-13-19-10-6-7-11-20(19)15-28-16-21(25)12-18-8-4-3-5-9-18/h3-11,14,21H,12-13,15-16H2,1-2H3. The first-order chi connectivity index (χ1) is 13.9. The lowest BCUT2D eigenvalue weighted by Crippen LogP contribution is -2.45. The lowest BCUT2D eigenvalue weighted by atomic mass is 10.0. The van der Waals surface area contributed by atoms with Gasteiger partial charge in [0.05, 0.1) is 19.3 Å². The van der Waals surface area contributed by atoms with Crippen LogP contribution in [0.15, 0.2) is 65.8 Å². The molecule has 1 aromatic heterocycles. The smallest absolute Gasteiger partial charge is 0.262 e. The number of fused-ring (bicyclic) bond motifs is 1. The van der Waals surface area contributed by atoms with Gasteiger partial charge in [0, 0.05) is 19.8 Å². The molecule has 2 aromatic carbocycles. The monoisotopic (exact) mass is 411 g/mol. The number of rotatable bonds is 4. The van der Waals surface area contributed by atoms with Crippen molar-refractivity contribution in [1.29, 1.82) is 0 Å². The van der Waals surface area contributed by atoms with Crippen LogP contribution in [-0.4, -0.2) is 34.9 Å². The van der Waals surface area contributed by atoms with Gasteiger partial charge in [-0.15, -0.1) is 0 Å².